The van der Waals surface area contributed by atoms with Gasteiger partial charge < -0.3 is 9.47 Å². The molecule has 0 spiro atoms. The summed E-state index contributed by atoms with van der Waals surface area (Å²) >= 11 is 1.50. The molecule has 0 N–H and O–H groups in total. The standard InChI is InChI=1S/C18H16N2O4S/c1-12-15(20(21)22)7-5-9-16(12)24-10-13-11-25-18(19-13)14-6-3-4-8-17(14)23-2/h3-9,11H,10H2,1-2H3. The van der Waals surface area contributed by atoms with E-state index >= 15 is 0 Å². The zero-order chi connectivity index (χ0) is 17.8. The number of para-hydroxylation sites is 1. The predicted octanol–water partition coefficient (Wildman–Crippen LogP) is 4.61. The molecule has 3 aromatic rings. The molecule has 0 unspecified atom stereocenters. The third-order valence-electron chi connectivity index (χ3n) is 3.72. The van der Waals surface area contributed by atoms with E-state index in [1.54, 1.807) is 26.2 Å². The second-order valence-corrected chi connectivity index (χ2v) is 6.15. The highest BCUT2D eigenvalue weighted by molar-refractivity contribution is 7.13. The van der Waals surface area contributed by atoms with Gasteiger partial charge in [0.2, 0.25) is 0 Å². The number of nitrogens with zero attached hydrogens (tertiary/aromatic N) is 2. The number of ether oxygens (including phenoxy) is 2. The number of thiazole rings is 1. The van der Waals surface area contributed by atoms with Crippen molar-refractivity contribution in [3.05, 3.63) is 69.2 Å². The Hall–Kier alpha value is -2.93. The quantitative estimate of drug-likeness (QED) is 0.476. The zero-order valence-corrected chi connectivity index (χ0v) is 14.6. The molecule has 1 aromatic heterocycles. The molecule has 128 valence electrons. The maximum atomic E-state index is 11.0. The van der Waals surface area contributed by atoms with Gasteiger partial charge in [-0.1, -0.05) is 18.2 Å². The van der Waals surface area contributed by atoms with Crippen LogP contribution in [0.2, 0.25) is 0 Å². The Balaban J connectivity index is 1.77. The lowest BCUT2D eigenvalue weighted by Crippen LogP contribution is -1.99. The van der Waals surface area contributed by atoms with E-state index < -0.39 is 4.92 Å². The number of aromatic nitrogens is 1. The molecule has 2 aromatic carbocycles. The number of rotatable bonds is 6. The van der Waals surface area contributed by atoms with E-state index in [0.717, 1.165) is 22.0 Å². The van der Waals surface area contributed by atoms with Crippen LogP contribution in [0.5, 0.6) is 11.5 Å². The average Bonchev–Trinajstić information content (AvgIpc) is 3.09. The van der Waals surface area contributed by atoms with E-state index in [0.29, 0.717) is 11.3 Å². The number of nitro groups is 1. The van der Waals surface area contributed by atoms with Crippen LogP contribution in [0, 0.1) is 17.0 Å². The van der Waals surface area contributed by atoms with Crippen LogP contribution in [-0.2, 0) is 6.61 Å². The van der Waals surface area contributed by atoms with Crippen LogP contribution < -0.4 is 9.47 Å². The molecular formula is C18H16N2O4S. The molecule has 0 fully saturated rings. The number of benzene rings is 2. The van der Waals surface area contributed by atoms with Gasteiger partial charge in [0, 0.05) is 11.4 Å². The van der Waals surface area contributed by atoms with E-state index in [-0.39, 0.29) is 12.3 Å². The van der Waals surface area contributed by atoms with Gasteiger partial charge in [-0.3, -0.25) is 10.1 Å². The zero-order valence-electron chi connectivity index (χ0n) is 13.8. The van der Waals surface area contributed by atoms with Crippen molar-refractivity contribution >= 4 is 17.0 Å². The third kappa shape index (κ3) is 3.61. The largest absolute Gasteiger partial charge is 0.496 e. The minimum atomic E-state index is -0.412. The predicted molar refractivity (Wildman–Crippen MR) is 96.3 cm³/mol. The molecular weight excluding hydrogens is 340 g/mol. The van der Waals surface area contributed by atoms with Crippen LogP contribution in [-0.4, -0.2) is 17.0 Å². The van der Waals surface area contributed by atoms with Gasteiger partial charge in [0.05, 0.1) is 28.9 Å². The molecule has 0 saturated carbocycles. The van der Waals surface area contributed by atoms with Gasteiger partial charge >= 0.3 is 0 Å². The van der Waals surface area contributed by atoms with Crippen LogP contribution in [0.25, 0.3) is 10.6 Å². The molecule has 0 bridgehead atoms. The fraction of sp³-hybridized carbons (Fsp3) is 0.167. The van der Waals surface area contributed by atoms with Gasteiger partial charge in [-0.25, -0.2) is 4.98 Å². The first-order valence-corrected chi connectivity index (χ1v) is 8.42. The van der Waals surface area contributed by atoms with Crippen LogP contribution in [0.15, 0.2) is 47.8 Å². The van der Waals surface area contributed by atoms with Crippen LogP contribution in [0.1, 0.15) is 11.3 Å². The summed E-state index contributed by atoms with van der Waals surface area (Å²) in [5.74, 6) is 1.25. The molecule has 25 heavy (non-hydrogen) atoms. The topological polar surface area (TPSA) is 74.5 Å². The molecule has 0 aliphatic carbocycles. The second-order valence-electron chi connectivity index (χ2n) is 5.29. The first kappa shape index (κ1) is 16.9. The van der Waals surface area contributed by atoms with E-state index in [1.807, 2.05) is 29.6 Å². The maximum Gasteiger partial charge on any atom is 0.276 e. The first-order valence-electron chi connectivity index (χ1n) is 7.54. The lowest BCUT2D eigenvalue weighted by atomic mass is 10.2. The molecule has 0 radical (unpaired) electrons. The molecule has 7 heteroatoms. The Bertz CT molecular complexity index is 908. The summed E-state index contributed by atoms with van der Waals surface area (Å²) in [6.45, 7) is 1.92. The van der Waals surface area contributed by atoms with Crippen LogP contribution >= 0.6 is 11.3 Å². The molecule has 0 amide bonds. The minimum absolute atomic E-state index is 0.0467. The maximum absolute atomic E-state index is 11.0. The minimum Gasteiger partial charge on any atom is -0.496 e. The second kappa shape index (κ2) is 7.31. The highest BCUT2D eigenvalue weighted by atomic mass is 32.1. The third-order valence-corrected chi connectivity index (χ3v) is 4.64. The molecule has 0 aliphatic rings. The number of hydrogen-bond donors (Lipinski definition) is 0. The average molecular weight is 356 g/mol. The Kier molecular flexibility index (Phi) is 4.95. The molecule has 0 saturated heterocycles. The number of methoxy groups -OCH3 is 1. The summed E-state index contributed by atoms with van der Waals surface area (Å²) < 4.78 is 11.1. The Morgan fingerprint density at radius 1 is 1.16 bits per heavy atom. The molecule has 3 rings (SSSR count). The van der Waals surface area contributed by atoms with Gasteiger partial charge in [-0.2, -0.15) is 0 Å². The monoisotopic (exact) mass is 356 g/mol. The summed E-state index contributed by atoms with van der Waals surface area (Å²) in [5.41, 5.74) is 2.24. The van der Waals surface area contributed by atoms with Gasteiger partial charge in [0.25, 0.3) is 5.69 Å². The highest BCUT2D eigenvalue weighted by Crippen LogP contribution is 2.32. The highest BCUT2D eigenvalue weighted by Gasteiger charge is 2.15. The van der Waals surface area contributed by atoms with Crippen molar-refractivity contribution in [3.63, 3.8) is 0 Å². The van der Waals surface area contributed by atoms with Crippen molar-refractivity contribution in [2.45, 2.75) is 13.5 Å². The molecule has 0 atom stereocenters. The summed E-state index contributed by atoms with van der Waals surface area (Å²) in [4.78, 5) is 15.2. The lowest BCUT2D eigenvalue weighted by Gasteiger charge is -2.08. The summed E-state index contributed by atoms with van der Waals surface area (Å²) in [5, 5.41) is 13.7. The van der Waals surface area contributed by atoms with Gasteiger partial charge in [-0.15, -0.1) is 11.3 Å². The van der Waals surface area contributed by atoms with E-state index in [2.05, 4.69) is 4.98 Å². The SMILES string of the molecule is COc1ccccc1-c1nc(COc2cccc([N+](=O)[O-])c2C)cs1. The Labute approximate surface area is 148 Å². The summed E-state index contributed by atoms with van der Waals surface area (Å²) in [6, 6.07) is 12.5. The van der Waals surface area contributed by atoms with Crippen molar-refractivity contribution in [1.29, 1.82) is 0 Å². The Morgan fingerprint density at radius 3 is 2.68 bits per heavy atom. The van der Waals surface area contributed by atoms with E-state index in [9.17, 15) is 10.1 Å². The van der Waals surface area contributed by atoms with Crippen molar-refractivity contribution in [1.82, 2.24) is 4.98 Å². The molecule has 6 nitrogen and oxygen atoms in total. The fourth-order valence-electron chi connectivity index (χ4n) is 2.43. The summed E-state index contributed by atoms with van der Waals surface area (Å²) in [7, 11) is 1.63. The lowest BCUT2D eigenvalue weighted by molar-refractivity contribution is -0.385. The number of hydrogen-bond acceptors (Lipinski definition) is 6. The van der Waals surface area contributed by atoms with Gasteiger partial charge in [0.1, 0.15) is 23.1 Å². The van der Waals surface area contributed by atoms with Gasteiger partial charge in [0.15, 0.2) is 0 Å². The van der Waals surface area contributed by atoms with Crippen LogP contribution in [0.4, 0.5) is 5.69 Å². The summed E-state index contributed by atoms with van der Waals surface area (Å²) in [6.07, 6.45) is 0. The molecule has 0 aliphatic heterocycles. The van der Waals surface area contributed by atoms with E-state index in [4.69, 9.17) is 9.47 Å². The van der Waals surface area contributed by atoms with Crippen LogP contribution in [0.3, 0.4) is 0 Å². The molecule has 1 heterocycles. The first-order chi connectivity index (χ1) is 12.1. The normalized spacial score (nSPS) is 10.5. The van der Waals surface area contributed by atoms with Gasteiger partial charge in [-0.05, 0) is 25.1 Å². The Morgan fingerprint density at radius 2 is 1.92 bits per heavy atom. The van der Waals surface area contributed by atoms with Crippen molar-refractivity contribution in [2.75, 3.05) is 7.11 Å². The van der Waals surface area contributed by atoms with Crippen molar-refractivity contribution in [2.24, 2.45) is 0 Å². The van der Waals surface area contributed by atoms with E-state index in [1.165, 1.54) is 17.4 Å². The van der Waals surface area contributed by atoms with Crippen molar-refractivity contribution < 1.29 is 14.4 Å². The fourth-order valence-corrected chi connectivity index (χ4v) is 3.26. The van der Waals surface area contributed by atoms with Crippen molar-refractivity contribution in [3.8, 4) is 22.1 Å². The smallest absolute Gasteiger partial charge is 0.276 e. The number of nitro benzene ring substituents is 1.